The molecule has 0 spiro atoms. The average molecular weight is 246 g/mol. The zero-order valence-corrected chi connectivity index (χ0v) is 11.6. The van der Waals surface area contributed by atoms with Crippen LogP contribution in [0, 0.1) is 0 Å². The highest BCUT2D eigenvalue weighted by molar-refractivity contribution is 5.30. The second kappa shape index (κ2) is 6.94. The van der Waals surface area contributed by atoms with Crippen molar-refractivity contribution in [3.05, 3.63) is 35.4 Å². The van der Waals surface area contributed by atoms with Crippen LogP contribution in [-0.4, -0.2) is 5.11 Å². The van der Waals surface area contributed by atoms with E-state index < -0.39 is 0 Å². The van der Waals surface area contributed by atoms with E-state index in [4.69, 9.17) is 0 Å². The fraction of sp³-hybridized carbons (Fsp3) is 0.647. The molecular formula is C17H26O. The molecule has 18 heavy (non-hydrogen) atoms. The Labute approximate surface area is 111 Å². The number of benzene rings is 1. The first-order chi connectivity index (χ1) is 8.81. The standard InChI is InChI=1S/C17H26O/c1-2-3-4-5-6-10-17(18)16-9-7-8-15(13-16)14-11-12-14/h7-9,13-14,17-18H,2-6,10-12H2,1H3. The highest BCUT2D eigenvalue weighted by Gasteiger charge is 2.23. The molecule has 0 bridgehead atoms. The van der Waals surface area contributed by atoms with Crippen LogP contribution in [0.1, 0.15) is 81.4 Å². The molecular weight excluding hydrogens is 220 g/mol. The van der Waals surface area contributed by atoms with E-state index in [0.29, 0.717) is 0 Å². The van der Waals surface area contributed by atoms with Gasteiger partial charge in [0.05, 0.1) is 6.10 Å². The molecule has 1 fully saturated rings. The molecule has 1 nitrogen and oxygen atoms in total. The molecule has 1 unspecified atom stereocenters. The van der Waals surface area contributed by atoms with Crippen molar-refractivity contribution in [1.82, 2.24) is 0 Å². The van der Waals surface area contributed by atoms with Crippen LogP contribution in [0.25, 0.3) is 0 Å². The Balaban J connectivity index is 1.77. The molecule has 0 amide bonds. The lowest BCUT2D eigenvalue weighted by atomic mass is 9.99. The van der Waals surface area contributed by atoms with E-state index in [2.05, 4.69) is 31.2 Å². The van der Waals surface area contributed by atoms with Gasteiger partial charge in [-0.2, -0.15) is 0 Å². The summed E-state index contributed by atoms with van der Waals surface area (Å²) in [5.41, 5.74) is 2.55. The summed E-state index contributed by atoms with van der Waals surface area (Å²) in [6, 6.07) is 8.59. The van der Waals surface area contributed by atoms with Crippen molar-refractivity contribution in [2.24, 2.45) is 0 Å². The monoisotopic (exact) mass is 246 g/mol. The third kappa shape index (κ3) is 4.13. The van der Waals surface area contributed by atoms with Crippen LogP contribution in [0.2, 0.25) is 0 Å². The van der Waals surface area contributed by atoms with Gasteiger partial charge in [-0.25, -0.2) is 0 Å². The van der Waals surface area contributed by atoms with Gasteiger partial charge in [0.2, 0.25) is 0 Å². The maximum absolute atomic E-state index is 10.2. The maximum atomic E-state index is 10.2. The van der Waals surface area contributed by atoms with Gasteiger partial charge in [0.25, 0.3) is 0 Å². The molecule has 1 saturated carbocycles. The van der Waals surface area contributed by atoms with E-state index in [0.717, 1.165) is 24.3 Å². The number of aliphatic hydroxyl groups is 1. The van der Waals surface area contributed by atoms with Crippen LogP contribution in [0.5, 0.6) is 0 Å². The van der Waals surface area contributed by atoms with Crippen molar-refractivity contribution in [3.63, 3.8) is 0 Å². The summed E-state index contributed by atoms with van der Waals surface area (Å²) in [4.78, 5) is 0. The Morgan fingerprint density at radius 2 is 1.94 bits per heavy atom. The number of hydrogen-bond acceptors (Lipinski definition) is 1. The highest BCUT2D eigenvalue weighted by Crippen LogP contribution is 2.40. The third-order valence-corrected chi connectivity index (χ3v) is 3.93. The summed E-state index contributed by atoms with van der Waals surface area (Å²) in [6.45, 7) is 2.23. The van der Waals surface area contributed by atoms with Gasteiger partial charge in [0, 0.05) is 0 Å². The molecule has 0 heterocycles. The van der Waals surface area contributed by atoms with Crippen molar-refractivity contribution in [2.75, 3.05) is 0 Å². The SMILES string of the molecule is CCCCCCCC(O)c1cccc(C2CC2)c1. The summed E-state index contributed by atoms with van der Waals surface area (Å²) < 4.78 is 0. The predicted molar refractivity (Wildman–Crippen MR) is 76.8 cm³/mol. The summed E-state index contributed by atoms with van der Waals surface area (Å²) in [7, 11) is 0. The highest BCUT2D eigenvalue weighted by atomic mass is 16.3. The molecule has 1 atom stereocenters. The van der Waals surface area contributed by atoms with E-state index >= 15 is 0 Å². The summed E-state index contributed by atoms with van der Waals surface area (Å²) in [5.74, 6) is 0.779. The second-order valence-corrected chi connectivity index (χ2v) is 5.66. The van der Waals surface area contributed by atoms with Gasteiger partial charge in [-0.05, 0) is 36.3 Å². The molecule has 0 radical (unpaired) electrons. The van der Waals surface area contributed by atoms with Crippen LogP contribution < -0.4 is 0 Å². The minimum absolute atomic E-state index is 0.259. The average Bonchev–Trinajstić information content (AvgIpc) is 3.23. The van der Waals surface area contributed by atoms with E-state index in [1.807, 2.05) is 0 Å². The van der Waals surface area contributed by atoms with Gasteiger partial charge in [-0.15, -0.1) is 0 Å². The van der Waals surface area contributed by atoms with Crippen molar-refractivity contribution in [3.8, 4) is 0 Å². The first kappa shape index (κ1) is 13.6. The molecule has 1 heteroatoms. The van der Waals surface area contributed by atoms with Gasteiger partial charge in [-0.1, -0.05) is 63.3 Å². The maximum Gasteiger partial charge on any atom is 0.0790 e. The van der Waals surface area contributed by atoms with Crippen LogP contribution in [0.3, 0.4) is 0 Å². The molecule has 0 saturated heterocycles. The Hall–Kier alpha value is -0.820. The quantitative estimate of drug-likeness (QED) is 0.643. The minimum atomic E-state index is -0.259. The fourth-order valence-electron chi connectivity index (χ4n) is 2.54. The summed E-state index contributed by atoms with van der Waals surface area (Å²) in [5, 5.41) is 10.2. The normalized spacial score (nSPS) is 16.8. The first-order valence-corrected chi connectivity index (χ1v) is 7.59. The smallest absolute Gasteiger partial charge is 0.0790 e. The lowest BCUT2D eigenvalue weighted by Gasteiger charge is -2.12. The zero-order chi connectivity index (χ0) is 12.8. The van der Waals surface area contributed by atoms with Gasteiger partial charge in [-0.3, -0.25) is 0 Å². The van der Waals surface area contributed by atoms with Crippen LogP contribution in [0.4, 0.5) is 0 Å². The predicted octanol–water partition coefficient (Wildman–Crippen LogP) is 4.96. The summed E-state index contributed by atoms with van der Waals surface area (Å²) in [6.07, 6.45) is 9.64. The molecule has 1 aromatic rings. The lowest BCUT2D eigenvalue weighted by Crippen LogP contribution is -1.98. The van der Waals surface area contributed by atoms with Crippen LogP contribution in [0.15, 0.2) is 24.3 Å². The number of hydrogen-bond donors (Lipinski definition) is 1. The van der Waals surface area contributed by atoms with E-state index in [9.17, 15) is 5.11 Å². The molecule has 1 aliphatic carbocycles. The molecule has 1 aliphatic rings. The van der Waals surface area contributed by atoms with Gasteiger partial charge in [0.15, 0.2) is 0 Å². The largest absolute Gasteiger partial charge is 0.388 e. The van der Waals surface area contributed by atoms with E-state index in [-0.39, 0.29) is 6.10 Å². The third-order valence-electron chi connectivity index (χ3n) is 3.93. The number of aliphatic hydroxyl groups excluding tert-OH is 1. The Morgan fingerprint density at radius 1 is 1.17 bits per heavy atom. The van der Waals surface area contributed by atoms with Crippen LogP contribution in [-0.2, 0) is 0 Å². The van der Waals surface area contributed by atoms with Crippen molar-refractivity contribution in [2.45, 2.75) is 70.3 Å². The van der Waals surface area contributed by atoms with Crippen molar-refractivity contribution >= 4 is 0 Å². The number of rotatable bonds is 8. The molecule has 0 aliphatic heterocycles. The molecule has 100 valence electrons. The van der Waals surface area contributed by atoms with Crippen molar-refractivity contribution < 1.29 is 5.11 Å². The van der Waals surface area contributed by atoms with E-state index in [1.54, 1.807) is 0 Å². The van der Waals surface area contributed by atoms with Gasteiger partial charge in [0.1, 0.15) is 0 Å². The lowest BCUT2D eigenvalue weighted by molar-refractivity contribution is 0.163. The number of unbranched alkanes of at least 4 members (excludes halogenated alkanes) is 4. The Morgan fingerprint density at radius 3 is 2.67 bits per heavy atom. The molecule has 0 aromatic heterocycles. The van der Waals surface area contributed by atoms with E-state index in [1.165, 1.54) is 44.1 Å². The van der Waals surface area contributed by atoms with Gasteiger partial charge < -0.3 is 5.11 Å². The van der Waals surface area contributed by atoms with Gasteiger partial charge >= 0.3 is 0 Å². The molecule has 2 rings (SSSR count). The Bertz CT molecular complexity index is 354. The Kier molecular flexibility index (Phi) is 5.25. The topological polar surface area (TPSA) is 20.2 Å². The van der Waals surface area contributed by atoms with Crippen molar-refractivity contribution in [1.29, 1.82) is 0 Å². The first-order valence-electron chi connectivity index (χ1n) is 7.59. The summed E-state index contributed by atoms with van der Waals surface area (Å²) >= 11 is 0. The zero-order valence-electron chi connectivity index (χ0n) is 11.6. The molecule has 1 aromatic carbocycles. The molecule has 1 N–H and O–H groups in total. The van der Waals surface area contributed by atoms with Crippen LogP contribution >= 0.6 is 0 Å². The minimum Gasteiger partial charge on any atom is -0.388 e. The fourth-order valence-corrected chi connectivity index (χ4v) is 2.54. The second-order valence-electron chi connectivity index (χ2n) is 5.66.